The minimum atomic E-state index is -0.252. The lowest BCUT2D eigenvalue weighted by Gasteiger charge is -2.15. The third kappa shape index (κ3) is 4.67. The van der Waals surface area contributed by atoms with Gasteiger partial charge >= 0.3 is 0 Å². The molecule has 0 spiro atoms. The Kier molecular flexibility index (Phi) is 6.86. The van der Waals surface area contributed by atoms with Crippen LogP contribution >= 0.6 is 0 Å². The molecule has 0 saturated heterocycles. The molecule has 6 nitrogen and oxygen atoms in total. The van der Waals surface area contributed by atoms with E-state index in [4.69, 9.17) is 14.2 Å². The van der Waals surface area contributed by atoms with Crippen LogP contribution < -0.4 is 19.5 Å². The average molecular weight is 354 g/mol. The number of amides is 1. The highest BCUT2D eigenvalue weighted by Gasteiger charge is 2.15. The van der Waals surface area contributed by atoms with E-state index in [1.54, 1.807) is 25.3 Å². The Balaban J connectivity index is 2.25. The maximum Gasteiger partial charge on any atom is 0.228 e. The number of anilines is 1. The van der Waals surface area contributed by atoms with Gasteiger partial charge in [0.25, 0.3) is 0 Å². The van der Waals surface area contributed by atoms with Crippen molar-refractivity contribution in [2.24, 2.45) is 0 Å². The molecule has 0 aromatic heterocycles. The first-order valence-electron chi connectivity index (χ1n) is 8.38. The molecule has 0 aliphatic carbocycles. The molecule has 0 bridgehead atoms. The predicted octanol–water partition coefficient (Wildman–Crippen LogP) is 3.55. The number of para-hydroxylation sites is 1. The van der Waals surface area contributed by atoms with Crippen molar-refractivity contribution in [2.75, 3.05) is 25.6 Å². The van der Waals surface area contributed by atoms with Crippen molar-refractivity contribution in [3.63, 3.8) is 0 Å². The molecular formula is C20H22N2O4. The van der Waals surface area contributed by atoms with Crippen LogP contribution in [0, 0.1) is 11.3 Å². The SMILES string of the molecule is CCOc1cc(C#N)c(NC(=O)Cc2ccccc2OC)cc1OCC. The summed E-state index contributed by atoms with van der Waals surface area (Å²) in [7, 11) is 1.56. The highest BCUT2D eigenvalue weighted by molar-refractivity contribution is 5.94. The average Bonchev–Trinajstić information content (AvgIpc) is 2.64. The number of benzene rings is 2. The Hall–Kier alpha value is -3.20. The molecule has 0 atom stereocenters. The number of nitrogens with zero attached hydrogens (tertiary/aromatic N) is 1. The van der Waals surface area contributed by atoms with Gasteiger partial charge in [-0.25, -0.2) is 0 Å². The summed E-state index contributed by atoms with van der Waals surface area (Å²) < 4.78 is 16.3. The Bertz CT molecular complexity index is 812. The van der Waals surface area contributed by atoms with E-state index in [1.165, 1.54) is 0 Å². The number of rotatable bonds is 8. The maximum atomic E-state index is 12.4. The molecular weight excluding hydrogens is 332 g/mol. The largest absolute Gasteiger partial charge is 0.496 e. The number of carbonyl (C=O) groups is 1. The van der Waals surface area contributed by atoms with Gasteiger partial charge in [0.2, 0.25) is 5.91 Å². The van der Waals surface area contributed by atoms with Crippen molar-refractivity contribution in [1.82, 2.24) is 0 Å². The lowest BCUT2D eigenvalue weighted by atomic mass is 10.1. The van der Waals surface area contributed by atoms with Gasteiger partial charge in [-0.2, -0.15) is 5.26 Å². The number of carbonyl (C=O) groups excluding carboxylic acids is 1. The zero-order valence-electron chi connectivity index (χ0n) is 15.2. The quantitative estimate of drug-likeness (QED) is 0.784. The van der Waals surface area contributed by atoms with E-state index in [2.05, 4.69) is 11.4 Å². The molecule has 0 saturated carbocycles. The summed E-state index contributed by atoms with van der Waals surface area (Å²) in [6, 6.07) is 12.6. The first kappa shape index (κ1) is 19.1. The minimum Gasteiger partial charge on any atom is -0.496 e. The third-order valence-corrected chi connectivity index (χ3v) is 3.62. The van der Waals surface area contributed by atoms with Gasteiger partial charge in [-0.15, -0.1) is 0 Å². The molecule has 1 N–H and O–H groups in total. The van der Waals surface area contributed by atoms with E-state index >= 15 is 0 Å². The number of nitrogens with one attached hydrogen (secondary N) is 1. The Morgan fingerprint density at radius 2 is 1.73 bits per heavy atom. The molecule has 0 radical (unpaired) electrons. The lowest BCUT2D eigenvalue weighted by molar-refractivity contribution is -0.115. The van der Waals surface area contributed by atoms with Crippen molar-refractivity contribution in [3.8, 4) is 23.3 Å². The van der Waals surface area contributed by atoms with Crippen molar-refractivity contribution in [2.45, 2.75) is 20.3 Å². The minimum absolute atomic E-state index is 0.131. The number of hydrogen-bond acceptors (Lipinski definition) is 5. The summed E-state index contributed by atoms with van der Waals surface area (Å²) in [5.74, 6) is 1.36. The number of nitriles is 1. The number of hydrogen-bond donors (Lipinski definition) is 1. The van der Waals surface area contributed by atoms with E-state index in [0.717, 1.165) is 5.56 Å². The second-order valence-electron chi connectivity index (χ2n) is 5.36. The molecule has 0 fully saturated rings. The molecule has 0 heterocycles. The van der Waals surface area contributed by atoms with Crippen molar-refractivity contribution >= 4 is 11.6 Å². The van der Waals surface area contributed by atoms with Crippen LogP contribution in [-0.4, -0.2) is 26.2 Å². The summed E-state index contributed by atoms with van der Waals surface area (Å²) in [5, 5.41) is 12.2. The predicted molar refractivity (Wildman–Crippen MR) is 98.8 cm³/mol. The molecule has 26 heavy (non-hydrogen) atoms. The smallest absolute Gasteiger partial charge is 0.228 e. The topological polar surface area (TPSA) is 80.6 Å². The molecule has 2 aromatic rings. The second-order valence-corrected chi connectivity index (χ2v) is 5.36. The van der Waals surface area contributed by atoms with Crippen molar-refractivity contribution in [3.05, 3.63) is 47.5 Å². The summed E-state index contributed by atoms with van der Waals surface area (Å²) in [6.07, 6.45) is 0.131. The lowest BCUT2D eigenvalue weighted by Crippen LogP contribution is -2.16. The van der Waals surface area contributed by atoms with Crippen LogP contribution in [0.5, 0.6) is 17.2 Å². The van der Waals surface area contributed by atoms with E-state index < -0.39 is 0 Å². The fourth-order valence-corrected chi connectivity index (χ4v) is 2.51. The van der Waals surface area contributed by atoms with Gasteiger partial charge in [0.1, 0.15) is 11.8 Å². The van der Waals surface area contributed by atoms with Crippen molar-refractivity contribution < 1.29 is 19.0 Å². The number of ether oxygens (including phenoxy) is 3. The van der Waals surface area contributed by atoms with E-state index in [1.807, 2.05) is 32.0 Å². The molecule has 0 aliphatic rings. The van der Waals surface area contributed by atoms with Crippen LogP contribution in [0.3, 0.4) is 0 Å². The zero-order valence-corrected chi connectivity index (χ0v) is 15.2. The summed E-state index contributed by atoms with van der Waals surface area (Å²) in [4.78, 5) is 12.4. The van der Waals surface area contributed by atoms with Crippen molar-refractivity contribution in [1.29, 1.82) is 5.26 Å². The van der Waals surface area contributed by atoms with E-state index in [-0.39, 0.29) is 12.3 Å². The van der Waals surface area contributed by atoms with Crippen LogP contribution in [0.4, 0.5) is 5.69 Å². The standard InChI is InChI=1S/C20H22N2O4/c1-4-25-18-10-15(13-21)16(12-19(18)26-5-2)22-20(23)11-14-8-6-7-9-17(14)24-3/h6-10,12H,4-5,11H2,1-3H3,(H,22,23). The maximum absolute atomic E-state index is 12.4. The van der Waals surface area contributed by atoms with Gasteiger partial charge in [-0.05, 0) is 19.9 Å². The van der Waals surface area contributed by atoms with Gasteiger partial charge in [0.15, 0.2) is 11.5 Å². The van der Waals surface area contributed by atoms with Crippen LogP contribution in [0.1, 0.15) is 25.0 Å². The fourth-order valence-electron chi connectivity index (χ4n) is 2.51. The first-order valence-corrected chi connectivity index (χ1v) is 8.38. The second kappa shape index (κ2) is 9.33. The molecule has 2 rings (SSSR count). The summed E-state index contributed by atoms with van der Waals surface area (Å²) >= 11 is 0. The van der Waals surface area contributed by atoms with Gasteiger partial charge in [-0.1, -0.05) is 18.2 Å². The van der Waals surface area contributed by atoms with Gasteiger partial charge in [-0.3, -0.25) is 4.79 Å². The van der Waals surface area contributed by atoms with Gasteiger partial charge in [0.05, 0.1) is 38.0 Å². The molecule has 1 amide bonds. The van der Waals surface area contributed by atoms with E-state index in [9.17, 15) is 10.1 Å². The number of methoxy groups -OCH3 is 1. The summed E-state index contributed by atoms with van der Waals surface area (Å²) in [5.41, 5.74) is 1.46. The zero-order chi connectivity index (χ0) is 18.9. The monoisotopic (exact) mass is 354 g/mol. The van der Waals surface area contributed by atoms with Crippen LogP contribution in [-0.2, 0) is 11.2 Å². The Morgan fingerprint density at radius 1 is 1.08 bits per heavy atom. The third-order valence-electron chi connectivity index (χ3n) is 3.62. The molecule has 2 aromatic carbocycles. The van der Waals surface area contributed by atoms with Crippen LogP contribution in [0.15, 0.2) is 36.4 Å². The van der Waals surface area contributed by atoms with Crippen LogP contribution in [0.25, 0.3) is 0 Å². The highest BCUT2D eigenvalue weighted by Crippen LogP contribution is 2.34. The first-order chi connectivity index (χ1) is 12.6. The van der Waals surface area contributed by atoms with Gasteiger partial charge < -0.3 is 19.5 Å². The molecule has 136 valence electrons. The van der Waals surface area contributed by atoms with Crippen LogP contribution in [0.2, 0.25) is 0 Å². The molecule has 0 aliphatic heterocycles. The van der Waals surface area contributed by atoms with E-state index in [0.29, 0.717) is 41.7 Å². The molecule has 0 unspecified atom stereocenters. The normalized spacial score (nSPS) is 9.92. The van der Waals surface area contributed by atoms with Gasteiger partial charge in [0, 0.05) is 17.7 Å². The molecule has 6 heteroatoms. The Morgan fingerprint density at radius 3 is 2.35 bits per heavy atom. The Labute approximate surface area is 153 Å². The summed E-state index contributed by atoms with van der Waals surface area (Å²) in [6.45, 7) is 4.60. The highest BCUT2D eigenvalue weighted by atomic mass is 16.5. The fraction of sp³-hybridized carbons (Fsp3) is 0.300.